The molecule has 0 radical (unpaired) electrons. The van der Waals surface area contributed by atoms with E-state index >= 15 is 0 Å². The van der Waals surface area contributed by atoms with E-state index in [9.17, 15) is 18.3 Å². The van der Waals surface area contributed by atoms with Gasteiger partial charge in [0.1, 0.15) is 0 Å². The summed E-state index contributed by atoms with van der Waals surface area (Å²) < 4.78 is 33.6. The van der Waals surface area contributed by atoms with E-state index in [2.05, 4.69) is 26.6 Å². The minimum atomic E-state index is -3.74. The van der Waals surface area contributed by atoms with Crippen molar-refractivity contribution in [3.05, 3.63) is 72.4 Å². The highest BCUT2D eigenvalue weighted by molar-refractivity contribution is 7.89. The van der Waals surface area contributed by atoms with Crippen molar-refractivity contribution in [2.24, 2.45) is 10.2 Å². The molecule has 0 spiro atoms. The minimum absolute atomic E-state index is 0.0568. The van der Waals surface area contributed by atoms with E-state index in [1.54, 1.807) is 19.1 Å². The molecule has 3 rings (SSSR count). The van der Waals surface area contributed by atoms with E-state index in [0.717, 1.165) is 0 Å². The molecule has 1 heterocycles. The Balaban J connectivity index is 1.62. The molecule has 10 nitrogen and oxygen atoms in total. The summed E-state index contributed by atoms with van der Waals surface area (Å²) in [5.74, 6) is -0.659. The first kappa shape index (κ1) is 24.8. The number of carbonyl (C=O) groups excluding carboxylic acids is 1. The Hall–Kier alpha value is -3.83. The molecule has 0 saturated heterocycles. The number of carbonyl (C=O) groups is 1. The zero-order chi connectivity index (χ0) is 24.7. The Morgan fingerprint density at radius 3 is 2.47 bits per heavy atom. The SMILES string of the molecule is C=C(C)C(=O)OCCCNS(=O)(=O)c1ccc(N=Nc2c(C)nn(-c3ccccc3)c2O)cc1. The van der Waals surface area contributed by atoms with E-state index < -0.39 is 16.0 Å². The molecule has 2 aromatic carbocycles. The molecule has 0 unspecified atom stereocenters. The van der Waals surface area contributed by atoms with Crippen molar-refractivity contribution >= 4 is 27.4 Å². The molecular weight excluding hydrogens is 458 g/mol. The van der Waals surface area contributed by atoms with Crippen LogP contribution in [0.15, 0.2) is 81.9 Å². The van der Waals surface area contributed by atoms with E-state index in [1.807, 2.05) is 18.2 Å². The van der Waals surface area contributed by atoms with Gasteiger partial charge in [0.2, 0.25) is 15.9 Å². The van der Waals surface area contributed by atoms with Crippen LogP contribution in [0.25, 0.3) is 5.69 Å². The van der Waals surface area contributed by atoms with Crippen molar-refractivity contribution in [3.8, 4) is 11.6 Å². The summed E-state index contributed by atoms with van der Waals surface area (Å²) in [6, 6.07) is 14.9. The lowest BCUT2D eigenvalue weighted by atomic mass is 10.3. The number of hydrogen-bond donors (Lipinski definition) is 2. The second-order valence-electron chi connectivity index (χ2n) is 7.37. The molecule has 0 fully saturated rings. The molecule has 11 heteroatoms. The average Bonchev–Trinajstić information content (AvgIpc) is 3.11. The van der Waals surface area contributed by atoms with Gasteiger partial charge < -0.3 is 9.84 Å². The predicted octanol–water partition coefficient (Wildman–Crippen LogP) is 4.09. The van der Waals surface area contributed by atoms with Crippen LogP contribution in [0, 0.1) is 6.92 Å². The third kappa shape index (κ3) is 6.15. The maximum atomic E-state index is 12.4. The number of aromatic nitrogens is 2. The van der Waals surface area contributed by atoms with Crippen molar-refractivity contribution in [1.29, 1.82) is 0 Å². The second-order valence-corrected chi connectivity index (χ2v) is 9.13. The second kappa shape index (κ2) is 10.9. The molecule has 3 aromatic rings. The Labute approximate surface area is 197 Å². The lowest BCUT2D eigenvalue weighted by Gasteiger charge is -2.07. The van der Waals surface area contributed by atoms with Crippen molar-refractivity contribution in [1.82, 2.24) is 14.5 Å². The number of rotatable bonds is 10. The molecule has 0 aliphatic rings. The van der Waals surface area contributed by atoms with Crippen LogP contribution in [0.4, 0.5) is 11.4 Å². The van der Waals surface area contributed by atoms with Crippen LogP contribution < -0.4 is 4.72 Å². The van der Waals surface area contributed by atoms with Crippen molar-refractivity contribution < 1.29 is 23.1 Å². The first-order valence-corrected chi connectivity index (χ1v) is 11.9. The Morgan fingerprint density at radius 1 is 1.15 bits per heavy atom. The molecule has 2 N–H and O–H groups in total. The zero-order valence-corrected chi connectivity index (χ0v) is 19.6. The fraction of sp³-hybridized carbons (Fsp3) is 0.217. The van der Waals surface area contributed by atoms with E-state index in [-0.39, 0.29) is 35.2 Å². The fourth-order valence-electron chi connectivity index (χ4n) is 2.82. The van der Waals surface area contributed by atoms with Crippen molar-refractivity contribution in [3.63, 3.8) is 0 Å². The van der Waals surface area contributed by atoms with Crippen molar-refractivity contribution in [2.45, 2.75) is 25.2 Å². The van der Waals surface area contributed by atoms with Gasteiger partial charge in [0, 0.05) is 12.1 Å². The van der Waals surface area contributed by atoms with Gasteiger partial charge >= 0.3 is 5.97 Å². The van der Waals surface area contributed by atoms with Gasteiger partial charge in [-0.15, -0.1) is 5.11 Å². The van der Waals surface area contributed by atoms with Gasteiger partial charge in [-0.25, -0.2) is 17.9 Å². The van der Waals surface area contributed by atoms with Gasteiger partial charge in [-0.1, -0.05) is 24.8 Å². The van der Waals surface area contributed by atoms with Crippen LogP contribution in [-0.4, -0.2) is 42.4 Å². The summed E-state index contributed by atoms with van der Waals surface area (Å²) in [6.07, 6.45) is 0.323. The van der Waals surface area contributed by atoms with Gasteiger partial charge in [-0.3, -0.25) is 0 Å². The smallest absolute Gasteiger partial charge is 0.333 e. The number of nitrogens with zero attached hydrogens (tertiary/aromatic N) is 4. The molecule has 0 atom stereocenters. The number of benzene rings is 2. The highest BCUT2D eigenvalue weighted by atomic mass is 32.2. The lowest BCUT2D eigenvalue weighted by Crippen LogP contribution is -2.25. The maximum absolute atomic E-state index is 12.4. The average molecular weight is 484 g/mol. The number of hydrogen-bond acceptors (Lipinski definition) is 8. The zero-order valence-electron chi connectivity index (χ0n) is 18.8. The summed E-state index contributed by atoms with van der Waals surface area (Å²) in [5, 5.41) is 23.0. The first-order chi connectivity index (χ1) is 16.2. The normalized spacial score (nSPS) is 11.6. The van der Waals surface area contributed by atoms with E-state index in [1.165, 1.54) is 35.9 Å². The van der Waals surface area contributed by atoms with Gasteiger partial charge in [0.15, 0.2) is 5.69 Å². The van der Waals surface area contributed by atoms with Gasteiger partial charge in [-0.05, 0) is 56.7 Å². The number of para-hydroxylation sites is 1. The maximum Gasteiger partial charge on any atom is 0.333 e. The quantitative estimate of drug-likeness (QED) is 0.193. The molecule has 0 aliphatic carbocycles. The molecule has 0 saturated carbocycles. The predicted molar refractivity (Wildman–Crippen MR) is 126 cm³/mol. The lowest BCUT2D eigenvalue weighted by molar-refractivity contribution is -0.138. The van der Waals surface area contributed by atoms with Crippen LogP contribution in [0.3, 0.4) is 0 Å². The molecule has 0 aliphatic heterocycles. The summed E-state index contributed by atoms with van der Waals surface area (Å²) in [7, 11) is -3.74. The van der Waals surface area contributed by atoms with Crippen molar-refractivity contribution in [2.75, 3.05) is 13.2 Å². The molecule has 1 aromatic heterocycles. The highest BCUT2D eigenvalue weighted by Gasteiger charge is 2.16. The third-order valence-electron chi connectivity index (χ3n) is 4.61. The van der Waals surface area contributed by atoms with Crippen LogP contribution in [0.2, 0.25) is 0 Å². The number of ether oxygens (including phenoxy) is 1. The number of esters is 1. The number of aryl methyl sites for hydroxylation is 1. The summed E-state index contributed by atoms with van der Waals surface area (Å²) in [5.41, 5.74) is 2.07. The molecular formula is C23H25N5O5S. The van der Waals surface area contributed by atoms with Crippen LogP contribution in [-0.2, 0) is 19.6 Å². The summed E-state index contributed by atoms with van der Waals surface area (Å²) >= 11 is 0. The summed E-state index contributed by atoms with van der Waals surface area (Å²) in [6.45, 7) is 6.91. The minimum Gasteiger partial charge on any atom is -0.492 e. The first-order valence-electron chi connectivity index (χ1n) is 10.4. The number of azo groups is 1. The number of nitrogens with one attached hydrogen (secondary N) is 1. The Morgan fingerprint density at radius 2 is 1.82 bits per heavy atom. The number of sulfonamides is 1. The molecule has 0 bridgehead atoms. The van der Waals surface area contributed by atoms with Crippen LogP contribution in [0.5, 0.6) is 5.88 Å². The highest BCUT2D eigenvalue weighted by Crippen LogP contribution is 2.33. The standard InChI is InChI=1S/C23H25N5O5S/c1-16(2)23(30)33-15-7-14-24-34(31,32)20-12-10-18(11-13-20)25-26-21-17(3)27-28(22(21)29)19-8-5-4-6-9-19/h4-6,8-13,24,29H,1,7,14-15H2,2-3H3. The number of aromatic hydroxyl groups is 1. The largest absolute Gasteiger partial charge is 0.492 e. The van der Waals surface area contributed by atoms with Gasteiger partial charge in [0.05, 0.1) is 28.6 Å². The summed E-state index contributed by atoms with van der Waals surface area (Å²) in [4.78, 5) is 11.4. The Kier molecular flexibility index (Phi) is 7.92. The van der Waals surface area contributed by atoms with Gasteiger partial charge in [0.25, 0.3) is 0 Å². The molecule has 178 valence electrons. The van der Waals surface area contributed by atoms with Crippen LogP contribution in [0.1, 0.15) is 19.0 Å². The topological polar surface area (TPSA) is 135 Å². The van der Waals surface area contributed by atoms with E-state index in [0.29, 0.717) is 23.5 Å². The van der Waals surface area contributed by atoms with Crippen LogP contribution >= 0.6 is 0 Å². The molecule has 34 heavy (non-hydrogen) atoms. The molecule has 0 amide bonds. The van der Waals surface area contributed by atoms with E-state index in [4.69, 9.17) is 4.74 Å². The monoisotopic (exact) mass is 483 g/mol. The van der Waals surface area contributed by atoms with Gasteiger partial charge in [-0.2, -0.15) is 14.9 Å². The Bertz CT molecular complexity index is 1300. The third-order valence-corrected chi connectivity index (χ3v) is 6.09. The fourth-order valence-corrected chi connectivity index (χ4v) is 3.90.